The minimum absolute atomic E-state index is 0.233. The monoisotopic (exact) mass is 234 g/mol. The zero-order valence-corrected chi connectivity index (χ0v) is 9.97. The average Bonchev–Trinajstić information content (AvgIpc) is 2.64. The summed E-state index contributed by atoms with van der Waals surface area (Å²) in [4.78, 5) is 17.8. The second kappa shape index (κ2) is 4.40. The second-order valence-electron chi connectivity index (χ2n) is 4.02. The fraction of sp³-hybridized carbons (Fsp3) is 0.364. The average molecular weight is 234 g/mol. The Labute approximate surface area is 98.3 Å². The molecule has 17 heavy (non-hydrogen) atoms. The van der Waals surface area contributed by atoms with Crippen LogP contribution in [0.3, 0.4) is 0 Å². The molecule has 90 valence electrons. The lowest BCUT2D eigenvalue weighted by Crippen LogP contribution is -2.08. The summed E-state index contributed by atoms with van der Waals surface area (Å²) in [6.45, 7) is 5.74. The van der Waals surface area contributed by atoms with Crippen LogP contribution in [-0.4, -0.2) is 19.7 Å². The predicted molar refractivity (Wildman–Crippen MR) is 62.3 cm³/mol. The van der Waals surface area contributed by atoms with Gasteiger partial charge in [0.2, 0.25) is 5.88 Å². The molecule has 2 rings (SSSR count). The van der Waals surface area contributed by atoms with E-state index in [4.69, 9.17) is 4.74 Å². The van der Waals surface area contributed by atoms with Crippen molar-refractivity contribution >= 4 is 0 Å². The van der Waals surface area contributed by atoms with Gasteiger partial charge in [-0.2, -0.15) is 5.10 Å². The summed E-state index contributed by atoms with van der Waals surface area (Å²) in [6, 6.07) is 1.57. The molecule has 2 aromatic heterocycles. The Kier molecular flexibility index (Phi) is 2.95. The third-order valence-corrected chi connectivity index (χ3v) is 2.17. The maximum Gasteiger partial charge on any atom is 0.254 e. The van der Waals surface area contributed by atoms with E-state index < -0.39 is 0 Å². The molecule has 0 atom stereocenters. The molecular weight excluding hydrogens is 220 g/mol. The summed E-state index contributed by atoms with van der Waals surface area (Å²) in [6.07, 6.45) is 3.36. The molecule has 2 aromatic rings. The largest absolute Gasteiger partial charge is 0.435 e. The molecule has 6 nitrogen and oxygen atoms in total. The van der Waals surface area contributed by atoms with E-state index in [-0.39, 0.29) is 17.5 Å². The fourth-order valence-electron chi connectivity index (χ4n) is 1.38. The molecule has 0 saturated carbocycles. The van der Waals surface area contributed by atoms with E-state index >= 15 is 0 Å². The normalized spacial score (nSPS) is 10.8. The van der Waals surface area contributed by atoms with Gasteiger partial charge in [-0.05, 0) is 20.8 Å². The van der Waals surface area contributed by atoms with E-state index in [1.807, 2.05) is 13.8 Å². The van der Waals surface area contributed by atoms with Crippen molar-refractivity contribution in [1.82, 2.24) is 19.7 Å². The molecule has 0 aliphatic rings. The standard InChI is InChI=1S/C11H14N4O2/c1-7(2)15-6-9(5-12-15)17-11-4-10(16)13-8(3)14-11/h4-7H,1-3H3,(H,13,14,16). The fourth-order valence-corrected chi connectivity index (χ4v) is 1.38. The number of aryl methyl sites for hydroxylation is 1. The number of nitrogens with zero attached hydrogens (tertiary/aromatic N) is 3. The molecule has 0 aromatic carbocycles. The molecule has 0 amide bonds. The van der Waals surface area contributed by atoms with Crippen molar-refractivity contribution in [3.63, 3.8) is 0 Å². The molecule has 0 spiro atoms. The molecule has 0 unspecified atom stereocenters. The van der Waals surface area contributed by atoms with Gasteiger partial charge < -0.3 is 9.72 Å². The van der Waals surface area contributed by atoms with E-state index in [9.17, 15) is 4.79 Å². The van der Waals surface area contributed by atoms with Crippen LogP contribution < -0.4 is 10.3 Å². The summed E-state index contributed by atoms with van der Waals surface area (Å²) in [5, 5.41) is 4.13. The predicted octanol–water partition coefficient (Wildman–Crippen LogP) is 1.65. The van der Waals surface area contributed by atoms with Crippen LogP contribution in [0.15, 0.2) is 23.3 Å². The topological polar surface area (TPSA) is 72.8 Å². The van der Waals surface area contributed by atoms with Gasteiger partial charge in [-0.1, -0.05) is 0 Å². The molecule has 0 aliphatic carbocycles. The smallest absolute Gasteiger partial charge is 0.254 e. The number of nitrogens with one attached hydrogen (secondary N) is 1. The van der Waals surface area contributed by atoms with Crippen molar-refractivity contribution in [3.8, 4) is 11.6 Å². The van der Waals surface area contributed by atoms with Gasteiger partial charge in [0.25, 0.3) is 5.56 Å². The maximum atomic E-state index is 11.2. The van der Waals surface area contributed by atoms with Gasteiger partial charge in [0.05, 0.1) is 18.5 Å². The van der Waals surface area contributed by atoms with Gasteiger partial charge in [0.1, 0.15) is 5.82 Å². The Morgan fingerprint density at radius 3 is 2.82 bits per heavy atom. The molecule has 6 heteroatoms. The molecule has 1 N–H and O–H groups in total. The van der Waals surface area contributed by atoms with Crippen molar-refractivity contribution < 1.29 is 4.74 Å². The molecule has 0 radical (unpaired) electrons. The lowest BCUT2D eigenvalue weighted by atomic mass is 10.4. The zero-order valence-electron chi connectivity index (χ0n) is 9.97. The minimum atomic E-state index is -0.233. The highest BCUT2D eigenvalue weighted by Crippen LogP contribution is 2.18. The van der Waals surface area contributed by atoms with Gasteiger partial charge in [-0.15, -0.1) is 0 Å². The SMILES string of the molecule is Cc1nc(Oc2cnn(C(C)C)c2)cc(=O)[nH]1. The third-order valence-electron chi connectivity index (χ3n) is 2.17. The molecule has 0 saturated heterocycles. The summed E-state index contributed by atoms with van der Waals surface area (Å²) in [5.41, 5.74) is -0.233. The summed E-state index contributed by atoms with van der Waals surface area (Å²) in [7, 11) is 0. The maximum absolute atomic E-state index is 11.2. The quantitative estimate of drug-likeness (QED) is 0.876. The Bertz CT molecular complexity index is 571. The first-order chi connectivity index (χ1) is 8.04. The Hall–Kier alpha value is -2.11. The Balaban J connectivity index is 2.22. The number of aromatic amines is 1. The van der Waals surface area contributed by atoms with Crippen LogP contribution >= 0.6 is 0 Å². The van der Waals surface area contributed by atoms with Crippen molar-refractivity contribution in [2.45, 2.75) is 26.8 Å². The van der Waals surface area contributed by atoms with Gasteiger partial charge in [-0.3, -0.25) is 9.48 Å². The van der Waals surface area contributed by atoms with Gasteiger partial charge in [0.15, 0.2) is 5.75 Å². The first kappa shape index (κ1) is 11.4. The highest BCUT2D eigenvalue weighted by Gasteiger charge is 2.05. The van der Waals surface area contributed by atoms with Crippen LogP contribution in [0.1, 0.15) is 25.7 Å². The molecular formula is C11H14N4O2. The zero-order chi connectivity index (χ0) is 12.4. The number of aromatic nitrogens is 4. The van der Waals surface area contributed by atoms with Crippen molar-refractivity contribution in [3.05, 3.63) is 34.6 Å². The first-order valence-corrected chi connectivity index (χ1v) is 5.34. The highest BCUT2D eigenvalue weighted by molar-refractivity contribution is 5.20. The van der Waals surface area contributed by atoms with Crippen molar-refractivity contribution in [2.24, 2.45) is 0 Å². The van der Waals surface area contributed by atoms with Crippen LogP contribution in [0.5, 0.6) is 11.6 Å². The van der Waals surface area contributed by atoms with Crippen LogP contribution in [-0.2, 0) is 0 Å². The number of hydrogen-bond acceptors (Lipinski definition) is 4. The first-order valence-electron chi connectivity index (χ1n) is 5.34. The number of hydrogen-bond donors (Lipinski definition) is 1. The lowest BCUT2D eigenvalue weighted by molar-refractivity contribution is 0.455. The number of H-pyrrole nitrogens is 1. The van der Waals surface area contributed by atoms with E-state index in [0.29, 0.717) is 11.6 Å². The summed E-state index contributed by atoms with van der Waals surface area (Å²) >= 11 is 0. The van der Waals surface area contributed by atoms with E-state index in [0.717, 1.165) is 0 Å². The third kappa shape index (κ3) is 2.72. The Morgan fingerprint density at radius 1 is 1.47 bits per heavy atom. The van der Waals surface area contributed by atoms with E-state index in [1.54, 1.807) is 24.0 Å². The van der Waals surface area contributed by atoms with Gasteiger partial charge in [-0.25, -0.2) is 4.98 Å². The molecule has 2 heterocycles. The van der Waals surface area contributed by atoms with Crippen LogP contribution in [0.2, 0.25) is 0 Å². The van der Waals surface area contributed by atoms with Crippen LogP contribution in [0.4, 0.5) is 0 Å². The van der Waals surface area contributed by atoms with Crippen LogP contribution in [0.25, 0.3) is 0 Å². The van der Waals surface area contributed by atoms with Crippen LogP contribution in [0, 0.1) is 6.92 Å². The minimum Gasteiger partial charge on any atom is -0.435 e. The van der Waals surface area contributed by atoms with Gasteiger partial charge in [0, 0.05) is 6.04 Å². The summed E-state index contributed by atoms with van der Waals surface area (Å²) < 4.78 is 7.23. The van der Waals surface area contributed by atoms with E-state index in [2.05, 4.69) is 15.1 Å². The lowest BCUT2D eigenvalue weighted by Gasteiger charge is -2.03. The second-order valence-corrected chi connectivity index (χ2v) is 4.02. The molecule has 0 bridgehead atoms. The number of ether oxygens (including phenoxy) is 1. The molecule has 0 fully saturated rings. The van der Waals surface area contributed by atoms with E-state index in [1.165, 1.54) is 6.07 Å². The number of rotatable bonds is 3. The van der Waals surface area contributed by atoms with Crippen molar-refractivity contribution in [1.29, 1.82) is 0 Å². The highest BCUT2D eigenvalue weighted by atomic mass is 16.5. The van der Waals surface area contributed by atoms with Crippen molar-refractivity contribution in [2.75, 3.05) is 0 Å². The molecule has 0 aliphatic heterocycles. The summed E-state index contributed by atoms with van der Waals surface area (Å²) in [5.74, 6) is 1.36. The van der Waals surface area contributed by atoms with Gasteiger partial charge >= 0.3 is 0 Å². The Morgan fingerprint density at radius 2 is 2.24 bits per heavy atom.